The van der Waals surface area contributed by atoms with Crippen LogP contribution < -0.4 is 0 Å². The van der Waals surface area contributed by atoms with E-state index in [0.717, 1.165) is 6.07 Å². The van der Waals surface area contributed by atoms with Crippen molar-refractivity contribution in [2.24, 2.45) is 0 Å². The molecule has 0 unspecified atom stereocenters. The van der Waals surface area contributed by atoms with Crippen LogP contribution in [-0.4, -0.2) is 0 Å². The van der Waals surface area contributed by atoms with Crippen LogP contribution in [0.3, 0.4) is 0 Å². The van der Waals surface area contributed by atoms with Crippen LogP contribution in [0, 0.1) is 101 Å². The minimum Gasteiger partial charge on any atom is -0.237 e. The summed E-state index contributed by atoms with van der Waals surface area (Å²) in [6.45, 7) is 30.6. The van der Waals surface area contributed by atoms with Crippen LogP contribution in [0.2, 0.25) is 0 Å². The maximum Gasteiger partial charge on any atom is 0.270 e. The van der Waals surface area contributed by atoms with E-state index in [1.54, 1.807) is 24.3 Å². The van der Waals surface area contributed by atoms with Gasteiger partial charge in [0.15, 0.2) is 23.1 Å². The Morgan fingerprint density at radius 2 is 1.11 bits per heavy atom. The van der Waals surface area contributed by atoms with E-state index in [-0.39, 0.29) is 11.1 Å². The van der Waals surface area contributed by atoms with Gasteiger partial charge in [-0.2, -0.15) is 10.5 Å². The fourth-order valence-electron chi connectivity index (χ4n) is 5.48. The molecule has 0 amide bonds. The van der Waals surface area contributed by atoms with E-state index in [4.69, 9.17) is 26.3 Å². The topological polar surface area (TPSA) is 113 Å². The summed E-state index contributed by atoms with van der Waals surface area (Å²) in [7, 11) is 0. The van der Waals surface area contributed by atoms with Gasteiger partial charge in [0.1, 0.15) is 17.7 Å². The molecule has 2 aliphatic rings. The summed E-state index contributed by atoms with van der Waals surface area (Å²) >= 11 is 0. The molecule has 0 saturated heterocycles. The third-order valence-corrected chi connectivity index (χ3v) is 7.29. The first-order valence-electron chi connectivity index (χ1n) is 12.5. The highest BCUT2D eigenvalue weighted by atomic mass is 19.2. The van der Waals surface area contributed by atoms with Gasteiger partial charge in [0, 0.05) is 22.3 Å². The van der Waals surface area contributed by atoms with Crippen LogP contribution in [0.25, 0.3) is 52.9 Å². The number of benzene rings is 3. The fraction of sp³-hybridized carbons (Fsp3) is 0. The Morgan fingerprint density at radius 3 is 1.62 bits per heavy atom. The van der Waals surface area contributed by atoms with Crippen LogP contribution in [0.5, 0.6) is 0 Å². The molecule has 0 aliphatic heterocycles. The number of nitrogens with zero attached hydrogens (tertiary/aromatic N) is 8. The number of hydrogen-bond acceptors (Lipinski definition) is 4. The summed E-state index contributed by atoms with van der Waals surface area (Å²) < 4.78 is 74.2. The summed E-state index contributed by atoms with van der Waals surface area (Å²) in [6, 6.07) is 9.69. The molecule has 47 heavy (non-hydrogen) atoms. The Bertz CT molecular complexity index is 2340. The second-order valence-corrected chi connectivity index (χ2v) is 9.45. The Kier molecular flexibility index (Phi) is 7.41. The van der Waals surface area contributed by atoms with Crippen molar-refractivity contribution in [3.05, 3.63) is 155 Å². The van der Waals surface area contributed by atoms with Gasteiger partial charge < -0.3 is 0 Å². The lowest BCUT2D eigenvalue weighted by Crippen LogP contribution is -1.99. The normalized spacial score (nSPS) is 14.7. The van der Waals surface area contributed by atoms with Gasteiger partial charge in [-0.3, -0.25) is 0 Å². The molecular formula is C34H5F5N8. The number of hydrogen-bond donors (Lipinski definition) is 0. The molecule has 0 bridgehead atoms. The molecule has 3 aromatic carbocycles. The molecule has 8 nitrogen and oxygen atoms in total. The number of fused-ring (bicyclic) bond motifs is 2. The van der Waals surface area contributed by atoms with E-state index < -0.39 is 108 Å². The van der Waals surface area contributed by atoms with Crippen molar-refractivity contribution in [3.8, 4) is 24.3 Å². The maximum atomic E-state index is 16.9. The minimum atomic E-state index is -1.48. The lowest BCUT2D eigenvalue weighted by Gasteiger charge is -2.14. The van der Waals surface area contributed by atoms with Gasteiger partial charge in [-0.15, -0.1) is 0 Å². The first kappa shape index (κ1) is 30.6. The van der Waals surface area contributed by atoms with Crippen LogP contribution in [0.4, 0.5) is 27.6 Å². The lowest BCUT2D eigenvalue weighted by molar-refractivity contribution is 0.508. The first-order valence-corrected chi connectivity index (χ1v) is 12.5. The molecule has 5 rings (SSSR count). The van der Waals surface area contributed by atoms with Crippen LogP contribution in [0.15, 0.2) is 41.7 Å². The molecular weight excluding hydrogens is 615 g/mol. The summed E-state index contributed by atoms with van der Waals surface area (Å²) in [5.41, 5.74) is -8.77. The van der Waals surface area contributed by atoms with Crippen molar-refractivity contribution >= 4 is 39.2 Å². The highest BCUT2D eigenvalue weighted by Gasteiger charge is 2.41. The quantitative estimate of drug-likeness (QED) is 0.163. The molecule has 216 valence electrons. The number of rotatable bonds is 2. The highest BCUT2D eigenvalue weighted by Crippen LogP contribution is 2.57. The number of halogens is 5. The fourth-order valence-corrected chi connectivity index (χ4v) is 5.48. The van der Waals surface area contributed by atoms with E-state index in [0.29, 0.717) is 24.3 Å². The zero-order chi connectivity index (χ0) is 34.3. The Morgan fingerprint density at radius 1 is 0.574 bits per heavy atom. The zero-order valence-electron chi connectivity index (χ0n) is 22.9. The van der Waals surface area contributed by atoms with Crippen LogP contribution in [-0.2, 0) is 0 Å². The molecule has 2 aliphatic carbocycles. The van der Waals surface area contributed by atoms with Crippen molar-refractivity contribution in [2.75, 3.05) is 0 Å². The standard InChI is InChI=1S/C34H5F5N8/c1-44-24-9-23(38)22(37)8-16(24)31-30(26(13-43)46-3)18-6-17-28(33(39)32(18)34(31)47-4)19(11-41)27(29(17)25(12-42)45-2)15-7-21(36)20(35)5-14(15)10-40/h5-9H/b29-25+,30-26-. The Labute approximate surface area is 261 Å². The molecule has 0 N–H and O–H groups in total. The molecule has 0 spiro atoms. The summed E-state index contributed by atoms with van der Waals surface area (Å²) in [4.78, 5) is 12.8. The molecule has 0 atom stereocenters. The third kappa shape index (κ3) is 4.27. The molecule has 3 aromatic rings. The smallest absolute Gasteiger partial charge is 0.237 e. The summed E-state index contributed by atoms with van der Waals surface area (Å²) in [5.74, 6) is -7.17. The summed E-state index contributed by atoms with van der Waals surface area (Å²) in [6.07, 6.45) is 0. The zero-order valence-corrected chi connectivity index (χ0v) is 22.9. The van der Waals surface area contributed by atoms with Gasteiger partial charge in [0.25, 0.3) is 11.4 Å². The Balaban J connectivity index is 2.05. The average Bonchev–Trinajstić information content (AvgIpc) is 3.57. The van der Waals surface area contributed by atoms with Gasteiger partial charge in [0.2, 0.25) is 5.70 Å². The SMILES string of the molecule is [C-]#[N+]C1=C(c2cc(F)c(F)cc2[N+]#[C-])/C(=C(/C#N)[N+]#[C-])c2cc3c(c(F)c21)C(C#N)=C(c1cc(F)c(F)cc1C#N)/C3=C(\C#N)[N+]#[C-]. The van der Waals surface area contributed by atoms with Crippen molar-refractivity contribution in [1.29, 1.82) is 21.0 Å². The largest absolute Gasteiger partial charge is 0.270 e. The molecule has 0 aromatic heterocycles. The third-order valence-electron chi connectivity index (χ3n) is 7.29. The second kappa shape index (κ2) is 11.4. The molecule has 0 saturated carbocycles. The van der Waals surface area contributed by atoms with E-state index in [9.17, 15) is 38.6 Å². The molecule has 0 radical (unpaired) electrons. The molecule has 0 fully saturated rings. The van der Waals surface area contributed by atoms with E-state index in [1.165, 1.54) is 0 Å². The van der Waals surface area contributed by atoms with Gasteiger partial charge >= 0.3 is 0 Å². The van der Waals surface area contributed by atoms with Gasteiger partial charge in [0.05, 0.1) is 55.6 Å². The van der Waals surface area contributed by atoms with Gasteiger partial charge in [-0.05, 0) is 63.7 Å². The van der Waals surface area contributed by atoms with E-state index in [1.807, 2.05) is 0 Å². The van der Waals surface area contributed by atoms with Crippen LogP contribution >= 0.6 is 0 Å². The second-order valence-electron chi connectivity index (χ2n) is 9.45. The summed E-state index contributed by atoms with van der Waals surface area (Å²) in [5, 5.41) is 39.7. The van der Waals surface area contributed by atoms with Gasteiger partial charge in [-0.25, -0.2) is 51.9 Å². The van der Waals surface area contributed by atoms with Crippen molar-refractivity contribution < 1.29 is 22.0 Å². The number of nitriles is 4. The van der Waals surface area contributed by atoms with Crippen molar-refractivity contribution in [3.63, 3.8) is 0 Å². The maximum absolute atomic E-state index is 16.9. The predicted octanol–water partition coefficient (Wildman–Crippen LogP) is 8.36. The van der Waals surface area contributed by atoms with Crippen LogP contribution in [0.1, 0.15) is 38.9 Å². The average molecular weight is 620 g/mol. The number of allylic oxidation sites excluding steroid dienone is 7. The monoisotopic (exact) mass is 620 g/mol. The van der Waals surface area contributed by atoms with Crippen molar-refractivity contribution in [2.45, 2.75) is 0 Å². The minimum absolute atomic E-state index is 0.375. The molecule has 0 heterocycles. The lowest BCUT2D eigenvalue weighted by atomic mass is 9.89. The predicted molar refractivity (Wildman–Crippen MR) is 154 cm³/mol. The molecule has 13 heteroatoms. The van der Waals surface area contributed by atoms with E-state index >= 15 is 4.39 Å². The first-order chi connectivity index (χ1) is 22.6. The van der Waals surface area contributed by atoms with Crippen molar-refractivity contribution in [1.82, 2.24) is 0 Å². The highest BCUT2D eigenvalue weighted by molar-refractivity contribution is 6.29. The van der Waals surface area contributed by atoms with Gasteiger partial charge in [-0.1, -0.05) is 0 Å². The Hall–Kier alpha value is -7.81. The van der Waals surface area contributed by atoms with E-state index in [2.05, 4.69) is 19.4 Å².